The van der Waals surface area contributed by atoms with Crippen molar-refractivity contribution in [1.29, 1.82) is 0 Å². The number of methoxy groups -OCH3 is 1. The van der Waals surface area contributed by atoms with Crippen molar-refractivity contribution in [3.8, 4) is 11.6 Å². The van der Waals surface area contributed by atoms with Gasteiger partial charge in [-0.05, 0) is 69.8 Å². The molecule has 0 N–H and O–H groups in total. The first-order chi connectivity index (χ1) is 18.8. The van der Waals surface area contributed by atoms with Gasteiger partial charge in [0, 0.05) is 64.1 Å². The summed E-state index contributed by atoms with van der Waals surface area (Å²) in [6.07, 6.45) is 5.51. The molecule has 0 aliphatic carbocycles. The smallest absolute Gasteiger partial charge is 0.243 e. The van der Waals surface area contributed by atoms with Crippen LogP contribution in [0.3, 0.4) is 0 Å². The lowest BCUT2D eigenvalue weighted by molar-refractivity contribution is 0.0980. The second kappa shape index (κ2) is 12.0. The van der Waals surface area contributed by atoms with Crippen LogP contribution in [0.25, 0.3) is 0 Å². The molecule has 1 aromatic heterocycles. The van der Waals surface area contributed by atoms with Gasteiger partial charge in [0.15, 0.2) is 0 Å². The van der Waals surface area contributed by atoms with E-state index in [4.69, 9.17) is 9.47 Å². The third-order valence-corrected chi connectivity index (χ3v) is 10.7. The zero-order valence-electron chi connectivity index (χ0n) is 23.7. The quantitative estimate of drug-likeness (QED) is 0.485. The number of likely N-dealkylation sites (N-methyl/N-ethyl adjacent to an activating group) is 1. The van der Waals surface area contributed by atoms with Gasteiger partial charge in [-0.25, -0.2) is 13.4 Å². The Balaban J connectivity index is 1.20. The predicted octanol–water partition coefficient (Wildman–Crippen LogP) is 2.55. The molecule has 1 aromatic carbocycles. The maximum Gasteiger partial charge on any atom is 0.243 e. The monoisotopic (exact) mass is 558 g/mol. The van der Waals surface area contributed by atoms with Crippen LogP contribution in [0, 0.1) is 13.8 Å². The van der Waals surface area contributed by atoms with Gasteiger partial charge in [-0.15, -0.1) is 0 Å². The van der Waals surface area contributed by atoms with Crippen molar-refractivity contribution in [1.82, 2.24) is 24.1 Å². The van der Waals surface area contributed by atoms with E-state index >= 15 is 0 Å². The number of benzene rings is 1. The van der Waals surface area contributed by atoms with Crippen molar-refractivity contribution in [2.45, 2.75) is 56.5 Å². The molecule has 0 spiro atoms. The van der Waals surface area contributed by atoms with Gasteiger partial charge in [0.05, 0.1) is 18.0 Å². The molecule has 0 radical (unpaired) electrons. The lowest BCUT2D eigenvalue weighted by Crippen LogP contribution is -2.52. The molecule has 0 bridgehead atoms. The van der Waals surface area contributed by atoms with Gasteiger partial charge in [-0.2, -0.15) is 9.29 Å². The highest BCUT2D eigenvalue weighted by molar-refractivity contribution is 7.89. The molecule has 3 aliphatic heterocycles. The minimum absolute atomic E-state index is 0.242. The van der Waals surface area contributed by atoms with E-state index in [2.05, 4.69) is 31.7 Å². The van der Waals surface area contributed by atoms with Crippen LogP contribution < -0.4 is 14.4 Å². The molecule has 0 saturated carbocycles. The van der Waals surface area contributed by atoms with E-state index in [1.807, 2.05) is 13.8 Å². The van der Waals surface area contributed by atoms with Gasteiger partial charge in [0.2, 0.25) is 21.9 Å². The third-order valence-electron chi connectivity index (χ3n) is 8.40. The maximum absolute atomic E-state index is 13.7. The molecule has 3 saturated heterocycles. The van der Waals surface area contributed by atoms with Crippen LogP contribution in [-0.2, 0) is 10.0 Å². The third kappa shape index (κ3) is 6.16. The van der Waals surface area contributed by atoms with Gasteiger partial charge >= 0.3 is 0 Å². The fourth-order valence-corrected chi connectivity index (χ4v) is 8.30. The van der Waals surface area contributed by atoms with E-state index < -0.39 is 10.0 Å². The summed E-state index contributed by atoms with van der Waals surface area (Å²) in [5, 5.41) is 0. The Kier molecular flexibility index (Phi) is 8.60. The number of hydrogen-bond donors (Lipinski definition) is 0. The number of ether oxygens (including phenoxy) is 2. The van der Waals surface area contributed by atoms with Crippen LogP contribution in [0.5, 0.6) is 11.6 Å². The minimum Gasteiger partial charge on any atom is -0.497 e. The topological polar surface area (TPSA) is 91.3 Å². The Labute approximate surface area is 233 Å². The summed E-state index contributed by atoms with van der Waals surface area (Å²) in [5.41, 5.74) is 1.38. The molecule has 39 heavy (non-hydrogen) atoms. The summed E-state index contributed by atoms with van der Waals surface area (Å²) in [4.78, 5) is 16.8. The molecule has 3 aliphatic rings. The summed E-state index contributed by atoms with van der Waals surface area (Å²) in [6.45, 7) is 10.8. The summed E-state index contributed by atoms with van der Waals surface area (Å²) in [6, 6.07) is 5.69. The second-order valence-corrected chi connectivity index (χ2v) is 12.9. The first kappa shape index (κ1) is 28.1. The number of anilines is 1. The SMILES string of the molecule is COc1cc(C)c(S(=O)(=O)N2CCC[C@H]2COc2ccnc(N3CCC(N4CCN(C)CC4)CC3)n2)c(C)c1. The van der Waals surface area contributed by atoms with Crippen molar-refractivity contribution in [2.75, 3.05) is 71.5 Å². The van der Waals surface area contributed by atoms with E-state index in [0.717, 1.165) is 65.0 Å². The molecule has 4 heterocycles. The average molecular weight is 559 g/mol. The Bertz CT molecular complexity index is 1220. The Morgan fingerprint density at radius 2 is 1.67 bits per heavy atom. The molecule has 2 aromatic rings. The molecular weight excluding hydrogens is 516 g/mol. The largest absolute Gasteiger partial charge is 0.497 e. The molecule has 3 fully saturated rings. The van der Waals surface area contributed by atoms with Gasteiger partial charge in [-0.3, -0.25) is 4.90 Å². The molecule has 214 valence electrons. The second-order valence-electron chi connectivity index (χ2n) is 11.1. The highest BCUT2D eigenvalue weighted by Gasteiger charge is 2.37. The van der Waals surface area contributed by atoms with Gasteiger partial charge in [0.1, 0.15) is 12.4 Å². The lowest BCUT2D eigenvalue weighted by atomic mass is 10.0. The van der Waals surface area contributed by atoms with Gasteiger partial charge in [-0.1, -0.05) is 0 Å². The van der Waals surface area contributed by atoms with E-state index in [1.54, 1.807) is 35.8 Å². The van der Waals surface area contributed by atoms with Crippen molar-refractivity contribution in [3.05, 3.63) is 35.5 Å². The molecular formula is C28H42N6O4S. The van der Waals surface area contributed by atoms with Gasteiger partial charge in [0.25, 0.3) is 0 Å². The van der Waals surface area contributed by atoms with E-state index in [0.29, 0.717) is 46.2 Å². The number of aryl methyl sites for hydroxylation is 2. The van der Waals surface area contributed by atoms with Crippen LogP contribution in [0.1, 0.15) is 36.8 Å². The number of piperazine rings is 1. The highest BCUT2D eigenvalue weighted by atomic mass is 32.2. The number of hydrogen-bond acceptors (Lipinski definition) is 9. The summed E-state index contributed by atoms with van der Waals surface area (Å²) < 4.78 is 40.4. The van der Waals surface area contributed by atoms with Crippen LogP contribution in [0.4, 0.5) is 5.95 Å². The first-order valence-corrected chi connectivity index (χ1v) is 15.5. The standard InChI is InChI=1S/C28H42N6O4S/c1-21-18-25(37-4)19-22(2)27(21)39(35,36)34-11-5-6-24(34)20-38-26-7-10-29-28(30-26)33-12-8-23(9-13-33)32-16-14-31(3)15-17-32/h7,10,18-19,23-24H,5-6,8-9,11-17,20H2,1-4H3/t24-/m0/s1. The highest BCUT2D eigenvalue weighted by Crippen LogP contribution is 2.32. The average Bonchev–Trinajstić information content (AvgIpc) is 3.42. The van der Waals surface area contributed by atoms with Crippen molar-refractivity contribution >= 4 is 16.0 Å². The fraction of sp³-hybridized carbons (Fsp3) is 0.643. The van der Waals surface area contributed by atoms with Crippen LogP contribution in [0.2, 0.25) is 0 Å². The van der Waals surface area contributed by atoms with E-state index in [9.17, 15) is 8.42 Å². The molecule has 0 unspecified atom stereocenters. The van der Waals surface area contributed by atoms with Crippen molar-refractivity contribution < 1.29 is 17.9 Å². The number of nitrogens with zero attached hydrogens (tertiary/aromatic N) is 6. The zero-order chi connectivity index (χ0) is 27.6. The van der Waals surface area contributed by atoms with Crippen LogP contribution in [0.15, 0.2) is 29.3 Å². The fourth-order valence-electron chi connectivity index (χ4n) is 6.21. The number of aromatic nitrogens is 2. The molecule has 5 rings (SSSR count). The van der Waals surface area contributed by atoms with Crippen LogP contribution in [-0.4, -0.2) is 111 Å². The molecule has 10 nitrogen and oxygen atoms in total. The Hall–Kier alpha value is -2.47. The molecule has 11 heteroatoms. The Morgan fingerprint density at radius 3 is 2.33 bits per heavy atom. The summed E-state index contributed by atoms with van der Waals surface area (Å²) in [5.74, 6) is 1.83. The maximum atomic E-state index is 13.7. The van der Waals surface area contributed by atoms with Crippen LogP contribution >= 0.6 is 0 Å². The summed E-state index contributed by atoms with van der Waals surface area (Å²) >= 11 is 0. The molecule has 0 amide bonds. The van der Waals surface area contributed by atoms with Gasteiger partial charge < -0.3 is 19.3 Å². The minimum atomic E-state index is -3.67. The lowest BCUT2D eigenvalue weighted by Gasteiger charge is -2.42. The normalized spacial score (nSPS) is 22.4. The number of piperidine rings is 1. The predicted molar refractivity (Wildman–Crippen MR) is 151 cm³/mol. The number of rotatable bonds is 8. The Morgan fingerprint density at radius 1 is 0.974 bits per heavy atom. The first-order valence-electron chi connectivity index (χ1n) is 14.1. The van der Waals surface area contributed by atoms with E-state index in [-0.39, 0.29) is 12.6 Å². The van der Waals surface area contributed by atoms with Crippen molar-refractivity contribution in [3.63, 3.8) is 0 Å². The van der Waals surface area contributed by atoms with Crippen molar-refractivity contribution in [2.24, 2.45) is 0 Å². The summed E-state index contributed by atoms with van der Waals surface area (Å²) in [7, 11) is 0.110. The number of sulfonamides is 1. The molecule has 1 atom stereocenters. The van der Waals surface area contributed by atoms with E-state index in [1.165, 1.54) is 0 Å². The zero-order valence-corrected chi connectivity index (χ0v) is 24.5.